The van der Waals surface area contributed by atoms with Crippen molar-refractivity contribution in [2.75, 3.05) is 13.7 Å². The topological polar surface area (TPSA) is 29.5 Å². The van der Waals surface area contributed by atoms with Gasteiger partial charge < -0.3 is 0 Å². The number of rotatable bonds is 5. The summed E-state index contributed by atoms with van der Waals surface area (Å²) in [6, 6.07) is 8.16. The summed E-state index contributed by atoms with van der Waals surface area (Å²) in [5, 5.41) is 8.52. The molecular weight excluding hydrogens is 304 g/mol. The predicted molar refractivity (Wildman–Crippen MR) is 63.7 cm³/mol. The van der Waals surface area contributed by atoms with Crippen LogP contribution in [0.4, 0.5) is 0 Å². The standard InChI is InChI=1S/C12H14O2Te/c1-14-11-5-7-12(8-6-11)15-10-4-2-3-9-13/h2-8,10,13H,9H2,1H3/b3-2-,10-4-. The molecule has 0 radical (unpaired) electrons. The van der Waals surface area contributed by atoms with Gasteiger partial charge in [-0.3, -0.25) is 0 Å². The average molecular weight is 318 g/mol. The number of hydrogen-bond acceptors (Lipinski definition) is 2. The molecule has 0 amide bonds. The Hall–Kier alpha value is -0.750. The van der Waals surface area contributed by atoms with Gasteiger partial charge in [0.05, 0.1) is 0 Å². The first kappa shape index (κ1) is 12.3. The second kappa shape index (κ2) is 7.53. The van der Waals surface area contributed by atoms with Gasteiger partial charge in [-0.1, -0.05) is 0 Å². The van der Waals surface area contributed by atoms with Crippen molar-refractivity contribution in [2.24, 2.45) is 0 Å². The molecule has 0 heterocycles. The number of aliphatic hydroxyl groups excluding tert-OH is 1. The van der Waals surface area contributed by atoms with E-state index in [0.29, 0.717) is 0 Å². The van der Waals surface area contributed by atoms with Crippen LogP contribution in [-0.2, 0) is 0 Å². The summed E-state index contributed by atoms with van der Waals surface area (Å²) < 4.78 is 8.63. The fourth-order valence-electron chi connectivity index (χ4n) is 0.957. The van der Waals surface area contributed by atoms with Crippen molar-refractivity contribution >= 4 is 24.5 Å². The van der Waals surface area contributed by atoms with Gasteiger partial charge in [0.1, 0.15) is 0 Å². The zero-order valence-corrected chi connectivity index (χ0v) is 10.9. The SMILES string of the molecule is COc1ccc([Te]/C=C\C=C/CO)cc1. The summed E-state index contributed by atoms with van der Waals surface area (Å²) in [5.41, 5.74) is 0. The van der Waals surface area contributed by atoms with Crippen LogP contribution in [0.1, 0.15) is 0 Å². The van der Waals surface area contributed by atoms with Gasteiger partial charge in [0.15, 0.2) is 0 Å². The number of hydrogen-bond donors (Lipinski definition) is 1. The van der Waals surface area contributed by atoms with Crippen LogP contribution in [0.5, 0.6) is 5.75 Å². The molecule has 0 atom stereocenters. The first-order valence-electron chi connectivity index (χ1n) is 4.60. The normalized spacial score (nSPS) is 11.3. The van der Waals surface area contributed by atoms with E-state index in [1.807, 2.05) is 24.3 Å². The predicted octanol–water partition coefficient (Wildman–Crippen LogP) is 1.09. The third-order valence-electron chi connectivity index (χ3n) is 1.69. The molecule has 15 heavy (non-hydrogen) atoms. The fraction of sp³-hybridized carbons (Fsp3) is 0.167. The molecule has 0 bridgehead atoms. The van der Waals surface area contributed by atoms with Crippen molar-refractivity contribution in [1.29, 1.82) is 0 Å². The Kier molecular flexibility index (Phi) is 6.18. The average Bonchev–Trinajstić information content (AvgIpc) is 2.30. The van der Waals surface area contributed by atoms with E-state index in [-0.39, 0.29) is 27.5 Å². The quantitative estimate of drug-likeness (QED) is 0.651. The Morgan fingerprint density at radius 1 is 1.27 bits per heavy atom. The second-order valence-corrected chi connectivity index (χ2v) is 5.53. The van der Waals surface area contributed by atoms with E-state index in [1.165, 1.54) is 3.61 Å². The molecule has 0 unspecified atom stereocenters. The summed E-state index contributed by atoms with van der Waals surface area (Å²) in [6.45, 7) is 0.105. The van der Waals surface area contributed by atoms with Crippen molar-refractivity contribution < 1.29 is 9.84 Å². The molecule has 3 heteroatoms. The molecule has 2 nitrogen and oxygen atoms in total. The molecule has 1 N–H and O–H groups in total. The molecule has 0 fully saturated rings. The van der Waals surface area contributed by atoms with E-state index in [0.717, 1.165) is 5.75 Å². The Morgan fingerprint density at radius 2 is 2.00 bits per heavy atom. The summed E-state index contributed by atoms with van der Waals surface area (Å²) in [5.74, 6) is 0.898. The van der Waals surface area contributed by atoms with E-state index in [2.05, 4.69) is 16.3 Å². The van der Waals surface area contributed by atoms with Gasteiger partial charge >= 0.3 is 100 Å². The minimum atomic E-state index is -0.254. The van der Waals surface area contributed by atoms with E-state index in [9.17, 15) is 0 Å². The van der Waals surface area contributed by atoms with Crippen LogP contribution in [0.15, 0.2) is 46.6 Å². The third-order valence-corrected chi connectivity index (χ3v) is 4.09. The number of ether oxygens (including phenoxy) is 1. The summed E-state index contributed by atoms with van der Waals surface area (Å²) >= 11 is -0.254. The van der Waals surface area contributed by atoms with E-state index >= 15 is 0 Å². The molecule has 0 spiro atoms. The maximum atomic E-state index is 8.52. The number of aliphatic hydroxyl groups is 1. The zero-order chi connectivity index (χ0) is 10.9. The molecule has 0 saturated carbocycles. The molecule has 80 valence electrons. The number of allylic oxidation sites excluding steroid dienone is 2. The van der Waals surface area contributed by atoms with E-state index in [1.54, 1.807) is 13.2 Å². The molecular formula is C12H14O2Te. The molecule has 0 saturated heterocycles. The third kappa shape index (κ3) is 5.03. The van der Waals surface area contributed by atoms with Gasteiger partial charge in [0.25, 0.3) is 0 Å². The van der Waals surface area contributed by atoms with Crippen molar-refractivity contribution in [3.63, 3.8) is 0 Å². The van der Waals surface area contributed by atoms with E-state index < -0.39 is 0 Å². The Bertz CT molecular complexity index is 328. The van der Waals surface area contributed by atoms with Gasteiger partial charge in [-0.15, -0.1) is 0 Å². The summed E-state index contributed by atoms with van der Waals surface area (Å²) in [4.78, 5) is 0. The van der Waals surface area contributed by atoms with Gasteiger partial charge in [-0.25, -0.2) is 0 Å². The molecule has 0 aliphatic heterocycles. The van der Waals surface area contributed by atoms with Crippen LogP contribution in [0.25, 0.3) is 0 Å². The fourth-order valence-corrected chi connectivity index (χ4v) is 2.73. The van der Waals surface area contributed by atoms with Crippen LogP contribution in [0, 0.1) is 0 Å². The molecule has 1 aromatic carbocycles. The molecule has 1 aromatic rings. The van der Waals surface area contributed by atoms with Crippen LogP contribution in [0.2, 0.25) is 0 Å². The van der Waals surface area contributed by atoms with Crippen LogP contribution >= 0.6 is 0 Å². The Balaban J connectivity index is 2.44. The molecule has 1 rings (SSSR count). The van der Waals surface area contributed by atoms with Crippen molar-refractivity contribution in [2.45, 2.75) is 0 Å². The van der Waals surface area contributed by atoms with Gasteiger partial charge in [0, 0.05) is 0 Å². The molecule has 0 aliphatic rings. The Labute approximate surface area is 100 Å². The van der Waals surface area contributed by atoms with Crippen molar-refractivity contribution in [1.82, 2.24) is 0 Å². The van der Waals surface area contributed by atoms with Crippen LogP contribution in [0.3, 0.4) is 0 Å². The number of methoxy groups -OCH3 is 1. The zero-order valence-electron chi connectivity index (χ0n) is 8.59. The number of benzene rings is 1. The van der Waals surface area contributed by atoms with Crippen molar-refractivity contribution in [3.8, 4) is 5.75 Å². The first-order valence-corrected chi connectivity index (χ1v) is 7.11. The van der Waals surface area contributed by atoms with Crippen LogP contribution in [-0.4, -0.2) is 39.7 Å². The summed E-state index contributed by atoms with van der Waals surface area (Å²) in [7, 11) is 1.67. The first-order chi connectivity index (χ1) is 7.36. The van der Waals surface area contributed by atoms with Gasteiger partial charge in [0.2, 0.25) is 0 Å². The Morgan fingerprint density at radius 3 is 2.60 bits per heavy atom. The van der Waals surface area contributed by atoms with Gasteiger partial charge in [-0.2, -0.15) is 0 Å². The summed E-state index contributed by atoms with van der Waals surface area (Å²) in [6.07, 6.45) is 5.58. The molecule has 0 aromatic heterocycles. The van der Waals surface area contributed by atoms with Crippen LogP contribution < -0.4 is 8.35 Å². The second-order valence-electron chi connectivity index (χ2n) is 2.73. The van der Waals surface area contributed by atoms with Crippen molar-refractivity contribution in [3.05, 3.63) is 46.6 Å². The molecule has 0 aliphatic carbocycles. The monoisotopic (exact) mass is 320 g/mol. The maximum absolute atomic E-state index is 8.52. The minimum absolute atomic E-state index is 0.105. The van der Waals surface area contributed by atoms with Gasteiger partial charge in [-0.05, 0) is 0 Å². The van der Waals surface area contributed by atoms with E-state index in [4.69, 9.17) is 9.84 Å².